The van der Waals surface area contributed by atoms with E-state index in [9.17, 15) is 26.4 Å². The molecule has 0 fully saturated rings. The average Bonchev–Trinajstić information content (AvgIpc) is 1.68. The van der Waals surface area contributed by atoms with Gasteiger partial charge in [-0.1, -0.05) is 6.07 Å². The van der Waals surface area contributed by atoms with E-state index in [-0.39, 0.29) is 70.6 Å². The van der Waals surface area contributed by atoms with Crippen LogP contribution in [0.4, 0.5) is 20.2 Å². The van der Waals surface area contributed by atoms with Crippen molar-refractivity contribution in [3.05, 3.63) is 150 Å². The van der Waals surface area contributed by atoms with Crippen LogP contribution in [-0.2, 0) is 40.1 Å². The van der Waals surface area contributed by atoms with Gasteiger partial charge in [-0.2, -0.15) is 5.10 Å². The molecule has 2 amide bonds. The first kappa shape index (κ1) is 56.2. The summed E-state index contributed by atoms with van der Waals surface area (Å²) in [7, 11) is -2.01. The van der Waals surface area contributed by atoms with Crippen LogP contribution in [0, 0.1) is 11.6 Å². The van der Waals surface area contributed by atoms with Crippen molar-refractivity contribution in [3.63, 3.8) is 0 Å². The molecule has 2 aliphatic heterocycles. The smallest absolute Gasteiger partial charge is 0.255 e. The molecule has 0 atom stereocenters. The quantitative estimate of drug-likeness (QED) is 0.103. The fourth-order valence-corrected chi connectivity index (χ4v) is 12.6. The fraction of sp³-hybridized carbons (Fsp3) is 0.175. The Morgan fingerprint density at radius 2 is 1.19 bits per heavy atom. The molecule has 2 N–H and O–H groups in total. The summed E-state index contributed by atoms with van der Waals surface area (Å²) in [6.45, 7) is 2.39. The Kier molecular flexibility index (Phi) is 13.1. The van der Waals surface area contributed by atoms with Crippen LogP contribution in [-0.4, -0.2) is 110 Å². The molecule has 8 aromatic heterocycles. The first-order chi connectivity index (χ1) is 42.7. The molecule has 2 aliphatic rings. The fourth-order valence-electron chi connectivity index (χ4n) is 11.6. The number of anilines is 2. The van der Waals surface area contributed by atoms with Crippen molar-refractivity contribution >= 4 is 87.0 Å². The molecule has 0 saturated carbocycles. The molecule has 0 saturated heterocycles. The number of halogens is 2. The van der Waals surface area contributed by atoms with Gasteiger partial charge in [0.05, 0.1) is 93.7 Å². The lowest BCUT2D eigenvalue weighted by atomic mass is 10.0. The van der Waals surface area contributed by atoms with Crippen molar-refractivity contribution in [2.45, 2.75) is 26.9 Å². The van der Waals surface area contributed by atoms with Crippen molar-refractivity contribution in [2.75, 3.05) is 55.9 Å². The summed E-state index contributed by atoms with van der Waals surface area (Å²) in [5.41, 5.74) is 6.69. The van der Waals surface area contributed by atoms with Crippen LogP contribution in [0.2, 0.25) is 0 Å². The van der Waals surface area contributed by atoms with E-state index in [0.29, 0.717) is 113 Å². The van der Waals surface area contributed by atoms with Crippen LogP contribution < -0.4 is 33.5 Å². The number of benzene rings is 4. The topological polar surface area (TPSA) is 253 Å². The molecule has 0 bridgehead atoms. The number of hydrogen-bond donors (Lipinski definition) is 2. The van der Waals surface area contributed by atoms with Crippen LogP contribution in [0.25, 0.3) is 112 Å². The second-order valence-corrected chi connectivity index (χ2v) is 25.5. The number of fused-ring (bicyclic) bond motifs is 12. The van der Waals surface area contributed by atoms with Crippen molar-refractivity contribution < 1.29 is 58.3 Å². The normalized spacial score (nSPS) is 12.8. The van der Waals surface area contributed by atoms with Crippen LogP contribution in [0.3, 0.4) is 0 Å². The third-order valence-corrected chi connectivity index (χ3v) is 18.5. The number of carbonyl (C=O) groups is 2. The number of sulfonamides is 2. The molecule has 10 heterocycles. The monoisotopic (exact) mass is 1240 g/mol. The number of rotatable bonds is 14. The number of nitrogens with zero attached hydrogens (tertiary/aromatic N) is 9. The lowest BCUT2D eigenvalue weighted by Gasteiger charge is -2.23. The van der Waals surface area contributed by atoms with Crippen molar-refractivity contribution in [2.24, 2.45) is 0 Å². The lowest BCUT2D eigenvalue weighted by Crippen LogP contribution is -2.25. The second kappa shape index (κ2) is 20.8. The van der Waals surface area contributed by atoms with Crippen LogP contribution >= 0.6 is 0 Å². The van der Waals surface area contributed by atoms with E-state index in [1.54, 1.807) is 98.9 Å². The lowest BCUT2D eigenvalue weighted by molar-refractivity contribution is 0.0956. The van der Waals surface area contributed by atoms with E-state index in [1.165, 1.54) is 58.8 Å². The standard InChI is InChI=1S/C63H51F2N11O11S2/c1-8-83-55-17-12-33(26-68-55)60-56(62(77)66-2)39-20-37(46(24-53(39)86-60)72(4)88(6,79)80)44-14-16-52-59(71-44)50-23-36-42(65)18-32(19-48(36)76(50)31-85-52)28-74-29-34(27-69-74)61-57(63(78)67-3)40-21-38(47(25-54(40)87-61)73(5)89(7,81)82)43-13-15-51-58(70-43)49-22-35-41(64)10-9-11-45(35)75(49)30-84-51/h9-27,29H,8,28,30-31H2,1-7H3,(H,66,77)(H,67,78). The van der Waals surface area contributed by atoms with Gasteiger partial charge in [0.1, 0.15) is 51.4 Å². The van der Waals surface area contributed by atoms with Gasteiger partial charge in [-0.05, 0) is 91.3 Å². The van der Waals surface area contributed by atoms with Gasteiger partial charge in [-0.25, -0.2) is 40.6 Å². The van der Waals surface area contributed by atoms with E-state index >= 15 is 8.78 Å². The molecule has 0 spiro atoms. The summed E-state index contributed by atoms with van der Waals surface area (Å²) in [5, 5.41) is 11.4. The first-order valence-corrected chi connectivity index (χ1v) is 31.4. The highest BCUT2D eigenvalue weighted by Gasteiger charge is 2.32. The van der Waals surface area contributed by atoms with E-state index in [4.69, 9.17) is 33.0 Å². The number of carbonyl (C=O) groups excluding carboxylic acids is 2. The molecular formula is C63H51F2N11O11S2. The van der Waals surface area contributed by atoms with Gasteiger partial charge >= 0.3 is 0 Å². The highest BCUT2D eigenvalue weighted by molar-refractivity contribution is 7.92. The number of nitrogens with one attached hydrogen (secondary N) is 2. The minimum absolute atomic E-state index is 0.00915. The SMILES string of the molecule is CCOc1ccc(-c2oc3cc(N(C)S(C)(=O)=O)c(-c4ccc5c(n4)-c4cc6c(F)cc(Cn7cc(-c8oc9cc(N(C)S(C)(=O)=O)c(-c%10ccc%11c(n%10)-c%10cc%12c(F)cccc%12n%10CO%11)cc9c8C(=O)NC)cn7)cc6n4CO5)cc3c2C(=O)NC)cn1. The Morgan fingerprint density at radius 3 is 1.72 bits per heavy atom. The number of ether oxygens (including phenoxy) is 3. The number of furan rings is 2. The van der Waals surface area contributed by atoms with Crippen LogP contribution in [0.1, 0.15) is 33.2 Å². The molecule has 22 nitrogen and oxygen atoms in total. The number of amides is 2. The maximum Gasteiger partial charge on any atom is 0.255 e. The van der Waals surface area contributed by atoms with Gasteiger partial charge < -0.3 is 42.8 Å². The summed E-state index contributed by atoms with van der Waals surface area (Å²) in [4.78, 5) is 42.2. The minimum atomic E-state index is -3.89. The Bertz CT molecular complexity index is 5250. The molecule has 26 heteroatoms. The summed E-state index contributed by atoms with van der Waals surface area (Å²) >= 11 is 0. The largest absolute Gasteiger partial charge is 0.478 e. The summed E-state index contributed by atoms with van der Waals surface area (Å²) in [5.74, 6) is -0.409. The predicted octanol–water partition coefficient (Wildman–Crippen LogP) is 10.4. The van der Waals surface area contributed by atoms with Crippen molar-refractivity contribution in [1.82, 2.24) is 44.5 Å². The minimum Gasteiger partial charge on any atom is -0.478 e. The molecular weight excluding hydrogens is 1190 g/mol. The number of pyridine rings is 3. The summed E-state index contributed by atoms with van der Waals surface area (Å²) < 4.78 is 123. The zero-order chi connectivity index (χ0) is 62.1. The third-order valence-electron chi connectivity index (χ3n) is 16.1. The molecule has 12 aromatic rings. The zero-order valence-electron chi connectivity index (χ0n) is 48.5. The molecule has 4 aromatic carbocycles. The first-order valence-electron chi connectivity index (χ1n) is 27.7. The van der Waals surface area contributed by atoms with Crippen LogP contribution in [0.5, 0.6) is 17.4 Å². The average molecular weight is 1240 g/mol. The van der Waals surface area contributed by atoms with Crippen LogP contribution in [0.15, 0.2) is 131 Å². The van der Waals surface area contributed by atoms with E-state index in [0.717, 1.165) is 21.1 Å². The second-order valence-electron chi connectivity index (χ2n) is 21.4. The number of hydrogen-bond acceptors (Lipinski definition) is 15. The number of aromatic nitrogens is 7. The maximum atomic E-state index is 16.6. The molecule has 0 aliphatic carbocycles. The molecule has 14 rings (SSSR count). The van der Waals surface area contributed by atoms with E-state index < -0.39 is 43.5 Å². The highest BCUT2D eigenvalue weighted by Crippen LogP contribution is 2.47. The summed E-state index contributed by atoms with van der Waals surface area (Å²) in [6, 6.07) is 27.9. The summed E-state index contributed by atoms with van der Waals surface area (Å²) in [6.07, 6.45) is 6.80. The van der Waals surface area contributed by atoms with E-state index in [2.05, 4.69) is 20.7 Å². The third kappa shape index (κ3) is 9.31. The maximum absolute atomic E-state index is 16.6. The van der Waals surface area contributed by atoms with Gasteiger partial charge in [0.25, 0.3) is 11.8 Å². The Labute approximate surface area is 505 Å². The molecule has 450 valence electrons. The van der Waals surface area contributed by atoms with Crippen molar-refractivity contribution in [3.8, 4) is 85.3 Å². The Balaban J connectivity index is 0.818. The molecule has 0 unspecified atom stereocenters. The van der Waals surface area contributed by atoms with Gasteiger partial charge in [0, 0.05) is 97.0 Å². The van der Waals surface area contributed by atoms with Crippen molar-refractivity contribution in [1.29, 1.82) is 0 Å². The molecule has 0 radical (unpaired) electrons. The van der Waals surface area contributed by atoms with Gasteiger partial charge in [-0.15, -0.1) is 0 Å². The Morgan fingerprint density at radius 1 is 0.640 bits per heavy atom. The van der Waals surface area contributed by atoms with E-state index in [1.807, 2.05) is 13.0 Å². The van der Waals surface area contributed by atoms with Gasteiger partial charge in [0.15, 0.2) is 19.2 Å². The molecule has 89 heavy (non-hydrogen) atoms. The van der Waals surface area contributed by atoms with Gasteiger partial charge in [-0.3, -0.25) is 22.9 Å². The zero-order valence-corrected chi connectivity index (χ0v) is 50.1. The Hall–Kier alpha value is -10.6. The predicted molar refractivity (Wildman–Crippen MR) is 330 cm³/mol. The highest BCUT2D eigenvalue weighted by atomic mass is 32.2. The van der Waals surface area contributed by atoms with Gasteiger partial charge in [0.2, 0.25) is 25.9 Å².